The van der Waals surface area contributed by atoms with Gasteiger partial charge in [-0.05, 0) is 12.0 Å². The van der Waals surface area contributed by atoms with E-state index in [0.29, 0.717) is 19.0 Å². The summed E-state index contributed by atoms with van der Waals surface area (Å²) >= 11 is 0. The van der Waals surface area contributed by atoms with E-state index in [2.05, 4.69) is 38.9 Å². The third kappa shape index (κ3) is 4.79. The molecule has 0 spiro atoms. The van der Waals surface area contributed by atoms with Gasteiger partial charge in [0.25, 0.3) is 0 Å². The molecule has 2 N–H and O–H groups in total. The molecule has 0 bridgehead atoms. The highest BCUT2D eigenvalue weighted by atomic mass is 16.2. The first kappa shape index (κ1) is 19.7. The number of aryl methyl sites for hydroxylation is 1. The number of rotatable bonds is 8. The third-order valence-corrected chi connectivity index (χ3v) is 4.65. The summed E-state index contributed by atoms with van der Waals surface area (Å²) in [5.41, 5.74) is 3.00. The molecule has 0 saturated carbocycles. The van der Waals surface area contributed by atoms with Crippen molar-refractivity contribution in [3.05, 3.63) is 60.3 Å². The number of hydrogen-bond donors (Lipinski definition) is 2. The summed E-state index contributed by atoms with van der Waals surface area (Å²) in [4.78, 5) is 18.5. The summed E-state index contributed by atoms with van der Waals surface area (Å²) in [5, 5.41) is 10.2. The Bertz CT molecular complexity index is 883. The third-order valence-electron chi connectivity index (χ3n) is 4.65. The predicted octanol–water partition coefficient (Wildman–Crippen LogP) is 3.63. The molecule has 0 aliphatic heterocycles. The average Bonchev–Trinajstić information content (AvgIpc) is 3.35. The lowest BCUT2D eigenvalue weighted by Crippen LogP contribution is -2.37. The molecule has 3 rings (SSSR count). The van der Waals surface area contributed by atoms with Gasteiger partial charge >= 0.3 is 6.03 Å². The molecule has 148 valence electrons. The number of aromatic amines is 1. The van der Waals surface area contributed by atoms with E-state index in [1.165, 1.54) is 0 Å². The monoisotopic (exact) mass is 380 g/mol. The first-order chi connectivity index (χ1) is 13.6. The van der Waals surface area contributed by atoms with Crippen molar-refractivity contribution in [3.8, 4) is 11.3 Å². The highest BCUT2D eigenvalue weighted by molar-refractivity contribution is 5.74. The van der Waals surface area contributed by atoms with Crippen molar-refractivity contribution in [3.63, 3.8) is 0 Å². The SMILES string of the molecule is CC(C)c1nccn1CCCNC(=O)N(C)Cc1cn[nH]c1-c1ccccc1. The van der Waals surface area contributed by atoms with Crippen LogP contribution in [0.25, 0.3) is 11.3 Å². The molecular weight excluding hydrogens is 352 g/mol. The highest BCUT2D eigenvalue weighted by Crippen LogP contribution is 2.21. The van der Waals surface area contributed by atoms with Gasteiger partial charge in [0.2, 0.25) is 0 Å². The van der Waals surface area contributed by atoms with Crippen LogP contribution in [0.2, 0.25) is 0 Å². The second kappa shape index (κ2) is 9.21. The van der Waals surface area contributed by atoms with E-state index in [0.717, 1.165) is 35.6 Å². The second-order valence-electron chi connectivity index (χ2n) is 7.21. The Labute approximate surface area is 165 Å². The fourth-order valence-corrected chi connectivity index (χ4v) is 3.20. The average molecular weight is 380 g/mol. The number of benzene rings is 1. The van der Waals surface area contributed by atoms with Crippen LogP contribution in [-0.2, 0) is 13.1 Å². The maximum Gasteiger partial charge on any atom is 0.317 e. The van der Waals surface area contributed by atoms with E-state index in [4.69, 9.17) is 0 Å². The molecule has 0 fully saturated rings. The largest absolute Gasteiger partial charge is 0.338 e. The topological polar surface area (TPSA) is 78.8 Å². The summed E-state index contributed by atoms with van der Waals surface area (Å²) in [5.74, 6) is 1.47. The molecule has 28 heavy (non-hydrogen) atoms. The lowest BCUT2D eigenvalue weighted by Gasteiger charge is -2.18. The zero-order valence-electron chi connectivity index (χ0n) is 16.7. The van der Waals surface area contributed by atoms with Gasteiger partial charge in [-0.15, -0.1) is 0 Å². The van der Waals surface area contributed by atoms with Crippen molar-refractivity contribution in [1.82, 2.24) is 30.0 Å². The molecule has 0 aliphatic carbocycles. The van der Waals surface area contributed by atoms with Gasteiger partial charge in [0.05, 0.1) is 18.4 Å². The Morgan fingerprint density at radius 2 is 2.07 bits per heavy atom. The van der Waals surface area contributed by atoms with Crippen molar-refractivity contribution in [2.24, 2.45) is 0 Å². The van der Waals surface area contributed by atoms with E-state index in [1.807, 2.05) is 42.7 Å². The number of nitrogens with one attached hydrogen (secondary N) is 2. The van der Waals surface area contributed by atoms with Crippen LogP contribution < -0.4 is 5.32 Å². The minimum Gasteiger partial charge on any atom is -0.338 e. The van der Waals surface area contributed by atoms with Crippen LogP contribution in [0.4, 0.5) is 4.79 Å². The Morgan fingerprint density at radius 3 is 2.82 bits per heavy atom. The molecule has 2 amide bonds. The number of hydrogen-bond acceptors (Lipinski definition) is 3. The van der Waals surface area contributed by atoms with Crippen molar-refractivity contribution in [2.45, 2.75) is 39.3 Å². The number of carbonyl (C=O) groups excluding carboxylic acids is 1. The summed E-state index contributed by atoms with van der Waals surface area (Å²) in [6, 6.07) is 9.92. The van der Waals surface area contributed by atoms with Crippen LogP contribution in [0, 0.1) is 0 Å². The summed E-state index contributed by atoms with van der Waals surface area (Å²) in [6.07, 6.45) is 6.46. The van der Waals surface area contributed by atoms with E-state index in [1.54, 1.807) is 18.1 Å². The van der Waals surface area contributed by atoms with Crippen LogP contribution in [-0.4, -0.2) is 44.3 Å². The smallest absolute Gasteiger partial charge is 0.317 e. The van der Waals surface area contributed by atoms with E-state index in [9.17, 15) is 4.79 Å². The standard InChI is InChI=1S/C21H28N6O/c1-16(2)20-22-11-13-27(20)12-7-10-23-21(28)26(3)15-18-14-24-25-19(18)17-8-5-4-6-9-17/h4-6,8-9,11,13-14,16H,7,10,12,15H2,1-3H3,(H,23,28)(H,24,25). The van der Waals surface area contributed by atoms with Crippen LogP contribution in [0.1, 0.15) is 37.6 Å². The fraction of sp³-hybridized carbons (Fsp3) is 0.381. The van der Waals surface area contributed by atoms with Gasteiger partial charge < -0.3 is 14.8 Å². The van der Waals surface area contributed by atoms with E-state index < -0.39 is 0 Å². The molecule has 0 saturated heterocycles. The van der Waals surface area contributed by atoms with Crippen molar-refractivity contribution in [2.75, 3.05) is 13.6 Å². The Hall–Kier alpha value is -3.09. The predicted molar refractivity (Wildman–Crippen MR) is 110 cm³/mol. The maximum absolute atomic E-state index is 12.4. The summed E-state index contributed by atoms with van der Waals surface area (Å²) in [7, 11) is 1.80. The summed E-state index contributed by atoms with van der Waals surface area (Å²) < 4.78 is 2.15. The van der Waals surface area contributed by atoms with E-state index >= 15 is 0 Å². The minimum absolute atomic E-state index is 0.0880. The van der Waals surface area contributed by atoms with Crippen molar-refractivity contribution in [1.29, 1.82) is 0 Å². The van der Waals surface area contributed by atoms with Crippen molar-refractivity contribution < 1.29 is 4.79 Å². The number of amides is 2. The number of carbonyl (C=O) groups is 1. The van der Waals surface area contributed by atoms with Crippen LogP contribution in [0.5, 0.6) is 0 Å². The molecule has 0 aliphatic rings. The molecule has 2 heterocycles. The molecule has 1 aromatic carbocycles. The molecule has 0 atom stereocenters. The quantitative estimate of drug-likeness (QED) is 0.586. The van der Waals surface area contributed by atoms with Crippen LogP contribution in [0.15, 0.2) is 48.9 Å². The van der Waals surface area contributed by atoms with E-state index in [-0.39, 0.29) is 6.03 Å². The Kier molecular flexibility index (Phi) is 6.47. The number of nitrogens with zero attached hydrogens (tertiary/aromatic N) is 4. The second-order valence-corrected chi connectivity index (χ2v) is 7.21. The number of urea groups is 1. The highest BCUT2D eigenvalue weighted by Gasteiger charge is 2.14. The van der Waals surface area contributed by atoms with Gasteiger partial charge in [0.1, 0.15) is 5.82 Å². The first-order valence-corrected chi connectivity index (χ1v) is 9.64. The normalized spacial score (nSPS) is 11.0. The fourth-order valence-electron chi connectivity index (χ4n) is 3.20. The number of imidazole rings is 1. The zero-order valence-corrected chi connectivity index (χ0v) is 16.7. The lowest BCUT2D eigenvalue weighted by atomic mass is 10.1. The first-order valence-electron chi connectivity index (χ1n) is 9.64. The molecule has 0 unspecified atom stereocenters. The van der Waals surface area contributed by atoms with Gasteiger partial charge in [-0.2, -0.15) is 5.10 Å². The van der Waals surface area contributed by atoms with Crippen LogP contribution >= 0.6 is 0 Å². The zero-order chi connectivity index (χ0) is 19.9. The maximum atomic E-state index is 12.4. The van der Waals surface area contributed by atoms with Crippen LogP contribution in [0.3, 0.4) is 0 Å². The van der Waals surface area contributed by atoms with Gasteiger partial charge in [-0.25, -0.2) is 9.78 Å². The van der Waals surface area contributed by atoms with Gasteiger partial charge in [0.15, 0.2) is 0 Å². The van der Waals surface area contributed by atoms with Gasteiger partial charge in [0, 0.05) is 44.0 Å². The number of H-pyrrole nitrogens is 1. The molecule has 0 radical (unpaired) electrons. The summed E-state index contributed by atoms with van der Waals surface area (Å²) in [6.45, 7) is 6.23. The Balaban J connectivity index is 1.48. The van der Waals surface area contributed by atoms with Crippen molar-refractivity contribution >= 4 is 6.03 Å². The minimum atomic E-state index is -0.0880. The van der Waals surface area contributed by atoms with Gasteiger partial charge in [-0.1, -0.05) is 44.2 Å². The molecule has 3 aromatic rings. The Morgan fingerprint density at radius 1 is 1.29 bits per heavy atom. The van der Waals surface area contributed by atoms with Gasteiger partial charge in [-0.3, -0.25) is 5.10 Å². The molecule has 7 nitrogen and oxygen atoms in total. The lowest BCUT2D eigenvalue weighted by molar-refractivity contribution is 0.206. The molecular formula is C21H28N6O. The number of aromatic nitrogens is 4. The molecule has 7 heteroatoms. The molecule has 2 aromatic heterocycles.